The second-order valence-electron chi connectivity index (χ2n) is 5.51. The molecule has 0 saturated carbocycles. The van der Waals surface area contributed by atoms with Gasteiger partial charge in [-0.25, -0.2) is 15.0 Å². The third-order valence-corrected chi connectivity index (χ3v) is 3.76. The number of nitrogens with zero attached hydrogens (tertiary/aromatic N) is 4. The maximum Gasteiger partial charge on any atom is 0.433 e. The minimum atomic E-state index is -4.55. The quantitative estimate of drug-likeness (QED) is 0.752. The van der Waals surface area contributed by atoms with E-state index in [2.05, 4.69) is 20.3 Å². The topological polar surface area (TPSA) is 64.9 Å². The van der Waals surface area contributed by atoms with Gasteiger partial charge in [0.2, 0.25) is 5.95 Å². The second-order valence-corrected chi connectivity index (χ2v) is 5.51. The van der Waals surface area contributed by atoms with E-state index in [0.717, 1.165) is 17.8 Å². The summed E-state index contributed by atoms with van der Waals surface area (Å²) in [6.07, 6.45) is -0.123. The van der Waals surface area contributed by atoms with Crippen molar-refractivity contribution in [1.82, 2.24) is 19.5 Å². The van der Waals surface area contributed by atoms with Crippen LogP contribution < -0.4 is 10.1 Å². The summed E-state index contributed by atoms with van der Waals surface area (Å²) in [5, 5.41) is 2.94. The molecule has 0 spiro atoms. The van der Waals surface area contributed by atoms with Gasteiger partial charge >= 0.3 is 6.18 Å². The minimum Gasteiger partial charge on any atom is -0.497 e. The lowest BCUT2D eigenvalue weighted by atomic mass is 10.1. The predicted molar refractivity (Wildman–Crippen MR) is 88.7 cm³/mol. The molecule has 0 fully saturated rings. The number of ether oxygens (including phenoxy) is 1. The highest BCUT2D eigenvalue weighted by Gasteiger charge is 2.33. The number of aromatic nitrogens is 4. The average Bonchev–Trinajstić information content (AvgIpc) is 3.05. The molecule has 6 nitrogen and oxygen atoms in total. The first-order valence-electron chi connectivity index (χ1n) is 7.66. The zero-order valence-corrected chi connectivity index (χ0v) is 14.0. The van der Waals surface area contributed by atoms with E-state index in [1.165, 1.54) is 7.11 Å². The van der Waals surface area contributed by atoms with E-state index in [1.807, 2.05) is 6.07 Å². The van der Waals surface area contributed by atoms with Crippen molar-refractivity contribution >= 4 is 5.95 Å². The van der Waals surface area contributed by atoms with Crippen molar-refractivity contribution in [2.45, 2.75) is 12.2 Å². The van der Waals surface area contributed by atoms with Crippen molar-refractivity contribution in [3.05, 3.63) is 66.0 Å². The van der Waals surface area contributed by atoms with Crippen molar-refractivity contribution in [2.75, 3.05) is 12.4 Å². The molecule has 9 heteroatoms. The molecule has 0 aliphatic heterocycles. The fraction of sp³-hybridized carbons (Fsp3) is 0.235. The second kappa shape index (κ2) is 7.03. The van der Waals surface area contributed by atoms with Gasteiger partial charge in [0.25, 0.3) is 0 Å². The van der Waals surface area contributed by atoms with E-state index in [-0.39, 0.29) is 5.95 Å². The smallest absolute Gasteiger partial charge is 0.433 e. The van der Waals surface area contributed by atoms with Crippen LogP contribution in [0.4, 0.5) is 19.1 Å². The van der Waals surface area contributed by atoms with Gasteiger partial charge in [-0.2, -0.15) is 13.2 Å². The first-order chi connectivity index (χ1) is 12.4. The number of benzene rings is 1. The van der Waals surface area contributed by atoms with Gasteiger partial charge in [0.05, 0.1) is 7.11 Å². The van der Waals surface area contributed by atoms with Gasteiger partial charge in [0, 0.05) is 25.6 Å². The highest BCUT2D eigenvalue weighted by atomic mass is 19.4. The molecule has 0 amide bonds. The number of anilines is 1. The summed E-state index contributed by atoms with van der Waals surface area (Å²) in [4.78, 5) is 11.8. The zero-order valence-electron chi connectivity index (χ0n) is 14.0. The molecule has 1 atom stereocenters. The number of hydrogen-bond donors (Lipinski definition) is 1. The third kappa shape index (κ3) is 3.76. The van der Waals surface area contributed by atoms with Crippen molar-refractivity contribution in [3.8, 4) is 5.75 Å². The Morgan fingerprint density at radius 3 is 2.62 bits per heavy atom. The number of rotatable bonds is 5. The van der Waals surface area contributed by atoms with Crippen molar-refractivity contribution in [1.29, 1.82) is 0 Å². The van der Waals surface area contributed by atoms with Gasteiger partial charge in [0.1, 0.15) is 23.3 Å². The summed E-state index contributed by atoms with van der Waals surface area (Å²) in [6.45, 7) is 0. The molecule has 26 heavy (non-hydrogen) atoms. The highest BCUT2D eigenvalue weighted by Crippen LogP contribution is 2.30. The molecule has 0 bridgehead atoms. The summed E-state index contributed by atoms with van der Waals surface area (Å²) >= 11 is 0. The number of alkyl halides is 3. The molecule has 3 aromatic rings. The van der Waals surface area contributed by atoms with Crippen LogP contribution in [-0.2, 0) is 13.2 Å². The Kier molecular flexibility index (Phi) is 4.79. The zero-order chi connectivity index (χ0) is 18.7. The van der Waals surface area contributed by atoms with Crippen LogP contribution in [-0.4, -0.2) is 26.6 Å². The number of aryl methyl sites for hydroxylation is 1. The van der Waals surface area contributed by atoms with E-state index in [0.29, 0.717) is 11.6 Å². The molecule has 0 radical (unpaired) electrons. The molecular formula is C17H16F3N5O. The molecule has 3 rings (SSSR count). The summed E-state index contributed by atoms with van der Waals surface area (Å²) in [6, 6.07) is 7.43. The molecular weight excluding hydrogens is 347 g/mol. The van der Waals surface area contributed by atoms with Crippen LogP contribution in [0.1, 0.15) is 23.1 Å². The number of halogens is 3. The Balaban J connectivity index is 2.01. The number of methoxy groups -OCH3 is 1. The van der Waals surface area contributed by atoms with Gasteiger partial charge < -0.3 is 14.6 Å². The van der Waals surface area contributed by atoms with E-state index in [4.69, 9.17) is 4.74 Å². The fourth-order valence-corrected chi connectivity index (χ4v) is 2.49. The van der Waals surface area contributed by atoms with Crippen molar-refractivity contribution in [3.63, 3.8) is 0 Å². The fourth-order valence-electron chi connectivity index (χ4n) is 2.49. The van der Waals surface area contributed by atoms with Crippen molar-refractivity contribution < 1.29 is 17.9 Å². The molecule has 1 N–H and O–H groups in total. The number of hydrogen-bond acceptors (Lipinski definition) is 5. The highest BCUT2D eigenvalue weighted by molar-refractivity contribution is 5.40. The monoisotopic (exact) mass is 363 g/mol. The van der Waals surface area contributed by atoms with Gasteiger partial charge in [-0.1, -0.05) is 12.1 Å². The minimum absolute atomic E-state index is 0.143. The van der Waals surface area contributed by atoms with E-state index >= 15 is 0 Å². The Labute approximate surface area is 147 Å². The normalized spacial score (nSPS) is 12.7. The maximum atomic E-state index is 12.9. The van der Waals surface area contributed by atoms with Gasteiger partial charge in [-0.15, -0.1) is 0 Å². The molecule has 0 aliphatic rings. The van der Waals surface area contributed by atoms with Crippen molar-refractivity contribution in [2.24, 2.45) is 7.05 Å². The van der Waals surface area contributed by atoms with Crippen LogP contribution in [0.5, 0.6) is 5.75 Å². The summed E-state index contributed by atoms with van der Waals surface area (Å²) in [7, 11) is 3.34. The molecule has 1 aromatic carbocycles. The lowest BCUT2D eigenvalue weighted by Gasteiger charge is -2.20. The van der Waals surface area contributed by atoms with Crippen LogP contribution in [0, 0.1) is 0 Å². The van der Waals surface area contributed by atoms with E-state index in [1.54, 1.807) is 42.2 Å². The van der Waals surface area contributed by atoms with E-state index < -0.39 is 17.9 Å². The average molecular weight is 363 g/mol. The van der Waals surface area contributed by atoms with Crippen LogP contribution in [0.3, 0.4) is 0 Å². The Morgan fingerprint density at radius 1 is 1.15 bits per heavy atom. The van der Waals surface area contributed by atoms with Crippen LogP contribution in [0.2, 0.25) is 0 Å². The molecule has 0 saturated heterocycles. The summed E-state index contributed by atoms with van der Waals surface area (Å²) < 4.78 is 45.7. The third-order valence-electron chi connectivity index (χ3n) is 3.76. The lowest BCUT2D eigenvalue weighted by Crippen LogP contribution is -2.19. The number of nitrogens with one attached hydrogen (secondary N) is 1. The van der Waals surface area contributed by atoms with Crippen LogP contribution in [0.25, 0.3) is 0 Å². The number of imidazole rings is 1. The molecule has 2 aromatic heterocycles. The summed E-state index contributed by atoms with van der Waals surface area (Å²) in [5.41, 5.74) is -0.265. The molecule has 136 valence electrons. The molecule has 2 heterocycles. The summed E-state index contributed by atoms with van der Waals surface area (Å²) in [5.74, 6) is 1.07. The standard InChI is InChI=1S/C17H16F3N5O/c1-25-9-8-21-15(25)14(11-4-3-5-12(10-11)26-2)24-16-22-7-6-13(23-16)17(18,19)20/h3-10,14H,1-2H3,(H,22,23,24)/t14-/m1/s1. The first-order valence-corrected chi connectivity index (χ1v) is 7.66. The predicted octanol–water partition coefficient (Wildman–Crippen LogP) is 3.44. The van der Waals surface area contributed by atoms with Gasteiger partial charge in [-0.05, 0) is 23.8 Å². The maximum absolute atomic E-state index is 12.9. The Bertz CT molecular complexity index is 894. The SMILES string of the molecule is COc1cccc([C@@H](Nc2nccc(C(F)(F)F)n2)c2nccn2C)c1. The Morgan fingerprint density at radius 2 is 1.96 bits per heavy atom. The largest absolute Gasteiger partial charge is 0.497 e. The molecule has 0 aliphatic carbocycles. The van der Waals surface area contributed by atoms with E-state index in [9.17, 15) is 13.2 Å². The van der Waals surface area contributed by atoms with Crippen LogP contribution >= 0.6 is 0 Å². The van der Waals surface area contributed by atoms with Gasteiger partial charge in [-0.3, -0.25) is 0 Å². The van der Waals surface area contributed by atoms with Gasteiger partial charge in [0.15, 0.2) is 0 Å². The first kappa shape index (κ1) is 17.7. The van der Waals surface area contributed by atoms with Crippen LogP contribution in [0.15, 0.2) is 48.9 Å². The Hall–Kier alpha value is -3.10. The lowest BCUT2D eigenvalue weighted by molar-refractivity contribution is -0.141. The molecule has 0 unspecified atom stereocenters.